The van der Waals surface area contributed by atoms with E-state index in [0.29, 0.717) is 16.8 Å². The van der Waals surface area contributed by atoms with Crippen LogP contribution in [0.5, 0.6) is 0 Å². The number of sulfonamides is 1. The molecule has 0 aliphatic rings. The first-order valence-corrected chi connectivity index (χ1v) is 7.95. The minimum Gasteiger partial charge on any atom is -0.398 e. The molecular formula is C14H14ClFN2O2S. The Morgan fingerprint density at radius 3 is 2.48 bits per heavy atom. The molecule has 0 atom stereocenters. The summed E-state index contributed by atoms with van der Waals surface area (Å²) in [6.45, 7) is 1.66. The molecular weight excluding hydrogens is 315 g/mol. The molecule has 21 heavy (non-hydrogen) atoms. The molecule has 0 amide bonds. The lowest BCUT2D eigenvalue weighted by Crippen LogP contribution is -2.24. The minimum absolute atomic E-state index is 0.0367. The van der Waals surface area contributed by atoms with Gasteiger partial charge in [-0.15, -0.1) is 0 Å². The van der Waals surface area contributed by atoms with Crippen LogP contribution >= 0.6 is 11.6 Å². The minimum atomic E-state index is -3.75. The van der Waals surface area contributed by atoms with Crippen LogP contribution in [0, 0.1) is 12.7 Å². The van der Waals surface area contributed by atoms with E-state index in [1.165, 1.54) is 36.4 Å². The summed E-state index contributed by atoms with van der Waals surface area (Å²) in [6.07, 6.45) is 0. The summed E-state index contributed by atoms with van der Waals surface area (Å²) < 4.78 is 39.8. The Morgan fingerprint density at radius 2 is 1.86 bits per heavy atom. The summed E-state index contributed by atoms with van der Waals surface area (Å²) in [4.78, 5) is 0.0367. The first kappa shape index (κ1) is 15.8. The Hall–Kier alpha value is -1.63. The lowest BCUT2D eigenvalue weighted by Gasteiger charge is -2.11. The third kappa shape index (κ3) is 3.72. The molecule has 7 heteroatoms. The molecule has 0 unspecified atom stereocenters. The highest BCUT2D eigenvalue weighted by Gasteiger charge is 2.18. The molecule has 2 aromatic carbocycles. The maximum absolute atomic E-state index is 12.8. The van der Waals surface area contributed by atoms with Crippen molar-refractivity contribution >= 4 is 27.3 Å². The average Bonchev–Trinajstić information content (AvgIpc) is 2.42. The SMILES string of the molecule is Cc1c(N)cc(Cl)cc1S(=O)(=O)NCc1ccc(F)cc1. The zero-order valence-electron chi connectivity index (χ0n) is 11.2. The fraction of sp³-hybridized carbons (Fsp3) is 0.143. The number of benzene rings is 2. The normalized spacial score (nSPS) is 11.6. The zero-order valence-corrected chi connectivity index (χ0v) is 12.8. The largest absolute Gasteiger partial charge is 0.398 e. The van der Waals surface area contributed by atoms with E-state index in [0.717, 1.165) is 0 Å². The van der Waals surface area contributed by atoms with Gasteiger partial charge in [-0.25, -0.2) is 17.5 Å². The quantitative estimate of drug-likeness (QED) is 0.848. The first-order valence-electron chi connectivity index (χ1n) is 6.09. The van der Waals surface area contributed by atoms with Gasteiger partial charge in [0.25, 0.3) is 0 Å². The van der Waals surface area contributed by atoms with E-state index in [4.69, 9.17) is 17.3 Å². The van der Waals surface area contributed by atoms with Crippen molar-refractivity contribution in [3.05, 3.63) is 58.4 Å². The Morgan fingerprint density at radius 1 is 1.24 bits per heavy atom. The maximum Gasteiger partial charge on any atom is 0.241 e. The number of rotatable bonds is 4. The number of nitrogen functional groups attached to an aromatic ring is 1. The van der Waals surface area contributed by atoms with Crippen LogP contribution in [0.2, 0.25) is 5.02 Å². The number of hydrogen-bond donors (Lipinski definition) is 2. The Kier molecular flexibility index (Phi) is 4.51. The predicted molar refractivity (Wildman–Crippen MR) is 81.0 cm³/mol. The Balaban J connectivity index is 2.25. The number of nitrogens with two attached hydrogens (primary N) is 1. The Bertz CT molecular complexity index is 761. The van der Waals surface area contributed by atoms with Crippen molar-refractivity contribution in [1.82, 2.24) is 4.72 Å². The van der Waals surface area contributed by atoms with Crippen molar-refractivity contribution in [2.24, 2.45) is 0 Å². The van der Waals surface area contributed by atoms with E-state index in [9.17, 15) is 12.8 Å². The summed E-state index contributed by atoms with van der Waals surface area (Å²) in [5.41, 5.74) is 7.12. The molecule has 4 nitrogen and oxygen atoms in total. The van der Waals surface area contributed by atoms with Crippen molar-refractivity contribution < 1.29 is 12.8 Å². The van der Waals surface area contributed by atoms with Gasteiger partial charge in [0.1, 0.15) is 5.82 Å². The van der Waals surface area contributed by atoms with Crippen LogP contribution in [0.1, 0.15) is 11.1 Å². The molecule has 0 heterocycles. The van der Waals surface area contributed by atoms with Crippen LogP contribution in [-0.2, 0) is 16.6 Å². The molecule has 0 aliphatic heterocycles. The highest BCUT2D eigenvalue weighted by Crippen LogP contribution is 2.26. The summed E-state index contributed by atoms with van der Waals surface area (Å²) in [5, 5.41) is 0.250. The van der Waals surface area contributed by atoms with Crippen LogP contribution < -0.4 is 10.5 Å². The molecule has 0 aromatic heterocycles. The highest BCUT2D eigenvalue weighted by molar-refractivity contribution is 7.89. The molecule has 2 rings (SSSR count). The lowest BCUT2D eigenvalue weighted by molar-refractivity contribution is 0.580. The summed E-state index contributed by atoms with van der Waals surface area (Å²) >= 11 is 5.85. The fourth-order valence-corrected chi connectivity index (χ4v) is 3.42. The molecule has 0 bridgehead atoms. The van der Waals surface area contributed by atoms with Gasteiger partial charge in [0.2, 0.25) is 10.0 Å². The number of nitrogens with one attached hydrogen (secondary N) is 1. The maximum atomic E-state index is 12.8. The smallest absolute Gasteiger partial charge is 0.241 e. The number of hydrogen-bond acceptors (Lipinski definition) is 3. The van der Waals surface area contributed by atoms with Crippen LogP contribution in [0.15, 0.2) is 41.3 Å². The van der Waals surface area contributed by atoms with Gasteiger partial charge in [0.15, 0.2) is 0 Å². The molecule has 0 fully saturated rings. The van der Waals surface area contributed by atoms with E-state index < -0.39 is 10.0 Å². The first-order chi connectivity index (χ1) is 9.79. The molecule has 112 valence electrons. The number of anilines is 1. The van der Waals surface area contributed by atoms with Gasteiger partial charge in [-0.3, -0.25) is 0 Å². The second kappa shape index (κ2) is 6.01. The van der Waals surface area contributed by atoms with Crippen LogP contribution in [0.25, 0.3) is 0 Å². The topological polar surface area (TPSA) is 72.2 Å². The van der Waals surface area contributed by atoms with Crippen molar-refractivity contribution in [2.45, 2.75) is 18.4 Å². The van der Waals surface area contributed by atoms with E-state index in [-0.39, 0.29) is 22.3 Å². The second-order valence-corrected chi connectivity index (χ2v) is 6.74. The van der Waals surface area contributed by atoms with Crippen molar-refractivity contribution in [2.75, 3.05) is 5.73 Å². The highest BCUT2D eigenvalue weighted by atomic mass is 35.5. The average molecular weight is 329 g/mol. The molecule has 0 spiro atoms. The van der Waals surface area contributed by atoms with E-state index in [2.05, 4.69) is 4.72 Å². The van der Waals surface area contributed by atoms with Gasteiger partial charge in [-0.1, -0.05) is 23.7 Å². The molecule has 0 aliphatic carbocycles. The van der Waals surface area contributed by atoms with Gasteiger partial charge in [-0.05, 0) is 42.3 Å². The second-order valence-electron chi connectivity index (χ2n) is 4.57. The predicted octanol–water partition coefficient (Wildman–Crippen LogP) is 2.85. The molecule has 0 saturated carbocycles. The van der Waals surface area contributed by atoms with Crippen molar-refractivity contribution in [1.29, 1.82) is 0 Å². The van der Waals surface area contributed by atoms with Crippen LogP contribution in [-0.4, -0.2) is 8.42 Å². The van der Waals surface area contributed by atoms with E-state index >= 15 is 0 Å². The van der Waals surface area contributed by atoms with Crippen LogP contribution in [0.4, 0.5) is 10.1 Å². The van der Waals surface area contributed by atoms with Gasteiger partial charge < -0.3 is 5.73 Å². The van der Waals surface area contributed by atoms with Gasteiger partial charge in [0, 0.05) is 17.3 Å². The van der Waals surface area contributed by atoms with Gasteiger partial charge >= 0.3 is 0 Å². The molecule has 0 saturated heterocycles. The van der Waals surface area contributed by atoms with Crippen LogP contribution in [0.3, 0.4) is 0 Å². The fourth-order valence-electron chi connectivity index (χ4n) is 1.81. The standard InChI is InChI=1S/C14H14ClFN2O2S/c1-9-13(17)6-11(15)7-14(9)21(19,20)18-8-10-2-4-12(16)5-3-10/h2-7,18H,8,17H2,1H3. The number of halogens is 2. The summed E-state index contributed by atoms with van der Waals surface area (Å²) in [7, 11) is -3.75. The summed E-state index contributed by atoms with van der Waals surface area (Å²) in [6, 6.07) is 8.41. The zero-order chi connectivity index (χ0) is 15.6. The van der Waals surface area contributed by atoms with Crippen molar-refractivity contribution in [3.8, 4) is 0 Å². The van der Waals surface area contributed by atoms with E-state index in [1.54, 1.807) is 6.92 Å². The third-order valence-electron chi connectivity index (χ3n) is 3.03. The van der Waals surface area contributed by atoms with Gasteiger partial charge in [0.05, 0.1) is 4.90 Å². The van der Waals surface area contributed by atoms with E-state index in [1.807, 2.05) is 0 Å². The Labute approximate surface area is 127 Å². The molecule has 2 aromatic rings. The van der Waals surface area contributed by atoms with Crippen molar-refractivity contribution in [3.63, 3.8) is 0 Å². The summed E-state index contributed by atoms with van der Waals surface area (Å²) in [5.74, 6) is -0.375. The molecule has 3 N–H and O–H groups in total. The monoisotopic (exact) mass is 328 g/mol. The molecule has 0 radical (unpaired) electrons. The lowest BCUT2D eigenvalue weighted by atomic mass is 10.2. The van der Waals surface area contributed by atoms with Gasteiger partial charge in [-0.2, -0.15) is 0 Å². The third-order valence-corrected chi connectivity index (χ3v) is 4.78.